The van der Waals surface area contributed by atoms with E-state index in [0.717, 1.165) is 22.3 Å². The van der Waals surface area contributed by atoms with Gasteiger partial charge in [0.15, 0.2) is 0 Å². The van der Waals surface area contributed by atoms with E-state index in [4.69, 9.17) is 4.74 Å². The van der Waals surface area contributed by atoms with Crippen LogP contribution < -0.4 is 5.32 Å². The highest BCUT2D eigenvalue weighted by atomic mass is 16.5. The molecule has 0 radical (unpaired) electrons. The van der Waals surface area contributed by atoms with Gasteiger partial charge in [0.05, 0.1) is 0 Å². The third-order valence-corrected chi connectivity index (χ3v) is 5.55. The maximum absolute atomic E-state index is 12.3. The number of alkyl carbamates (subject to hydrolysis) is 1. The molecule has 0 aromatic heterocycles. The van der Waals surface area contributed by atoms with Crippen molar-refractivity contribution in [3.8, 4) is 11.1 Å². The second-order valence-corrected chi connectivity index (χ2v) is 7.58. The van der Waals surface area contributed by atoms with E-state index < -0.39 is 23.5 Å². The average Bonchev–Trinajstić information content (AvgIpc) is 2.98. The summed E-state index contributed by atoms with van der Waals surface area (Å²) in [6, 6.07) is 15.2. The molecule has 0 heterocycles. The Morgan fingerprint density at radius 2 is 1.59 bits per heavy atom. The number of amides is 1. The minimum Gasteiger partial charge on any atom is -0.480 e. The Morgan fingerprint density at radius 1 is 1.07 bits per heavy atom. The number of carbonyl (C=O) groups excluding carboxylic acids is 1. The van der Waals surface area contributed by atoms with Crippen molar-refractivity contribution in [3.05, 3.63) is 59.7 Å². The van der Waals surface area contributed by atoms with Gasteiger partial charge in [0.2, 0.25) is 0 Å². The third-order valence-electron chi connectivity index (χ3n) is 5.55. The molecule has 1 atom stereocenters. The summed E-state index contributed by atoms with van der Waals surface area (Å²) in [4.78, 5) is 23.9. The van der Waals surface area contributed by atoms with E-state index in [0.29, 0.717) is 6.42 Å². The van der Waals surface area contributed by atoms with Crippen LogP contribution in [0.3, 0.4) is 0 Å². The number of aliphatic carboxylic acids is 1. The van der Waals surface area contributed by atoms with Crippen molar-refractivity contribution in [2.45, 2.75) is 39.2 Å². The molecule has 1 aliphatic carbocycles. The molecule has 1 aliphatic rings. The molecule has 2 N–H and O–H groups in total. The van der Waals surface area contributed by atoms with Gasteiger partial charge in [0.25, 0.3) is 0 Å². The minimum absolute atomic E-state index is 0.0504. The maximum atomic E-state index is 12.3. The molecule has 5 heteroatoms. The number of benzene rings is 2. The highest BCUT2D eigenvalue weighted by Gasteiger charge is 2.36. The van der Waals surface area contributed by atoms with Gasteiger partial charge in [-0.05, 0) is 34.1 Å². The maximum Gasteiger partial charge on any atom is 0.407 e. The number of fused-ring (bicyclic) bond motifs is 3. The van der Waals surface area contributed by atoms with Crippen molar-refractivity contribution in [2.24, 2.45) is 5.41 Å². The van der Waals surface area contributed by atoms with Gasteiger partial charge in [-0.15, -0.1) is 0 Å². The molecule has 0 saturated heterocycles. The lowest BCUT2D eigenvalue weighted by molar-refractivity contribution is -0.142. The Balaban J connectivity index is 1.73. The summed E-state index contributed by atoms with van der Waals surface area (Å²) in [5.74, 6) is -1.11. The number of ether oxygens (including phenoxy) is 1. The molecule has 1 amide bonds. The molecular weight excluding hydrogens is 342 g/mol. The number of carboxylic acids is 1. The minimum atomic E-state index is -1.06. The molecule has 0 spiro atoms. The van der Waals surface area contributed by atoms with Crippen LogP contribution in [-0.4, -0.2) is 29.8 Å². The van der Waals surface area contributed by atoms with E-state index in [1.807, 2.05) is 57.2 Å². The second-order valence-electron chi connectivity index (χ2n) is 7.58. The Hall–Kier alpha value is -2.82. The van der Waals surface area contributed by atoms with Gasteiger partial charge >= 0.3 is 12.1 Å². The quantitative estimate of drug-likeness (QED) is 0.793. The van der Waals surface area contributed by atoms with E-state index in [-0.39, 0.29) is 12.5 Å². The zero-order valence-corrected chi connectivity index (χ0v) is 15.9. The van der Waals surface area contributed by atoms with Gasteiger partial charge in [-0.25, -0.2) is 9.59 Å². The lowest BCUT2D eigenvalue weighted by atomic mass is 9.82. The standard InChI is InChI=1S/C22H25NO4/c1-4-22(2,3)19(20(24)25)23-21(26)27-13-18-16-11-7-5-9-14(16)15-10-6-8-12-17(15)18/h5-12,18-19H,4,13H2,1-3H3,(H,23,26)(H,24,25). The lowest BCUT2D eigenvalue weighted by Gasteiger charge is -2.30. The van der Waals surface area contributed by atoms with Crippen molar-refractivity contribution >= 4 is 12.1 Å². The Labute approximate surface area is 159 Å². The van der Waals surface area contributed by atoms with Crippen molar-refractivity contribution < 1.29 is 19.4 Å². The van der Waals surface area contributed by atoms with Crippen LogP contribution in [0.1, 0.15) is 44.2 Å². The van der Waals surface area contributed by atoms with Crippen LogP contribution >= 0.6 is 0 Å². The summed E-state index contributed by atoms with van der Waals surface area (Å²) in [6.07, 6.45) is -0.0843. The van der Waals surface area contributed by atoms with Crippen LogP contribution in [0.25, 0.3) is 11.1 Å². The molecule has 3 rings (SSSR count). The molecular formula is C22H25NO4. The fourth-order valence-corrected chi connectivity index (χ4v) is 3.55. The highest BCUT2D eigenvalue weighted by molar-refractivity contribution is 5.81. The number of carbonyl (C=O) groups is 2. The predicted octanol–water partition coefficient (Wildman–Crippen LogP) is 4.41. The van der Waals surface area contributed by atoms with Crippen LogP contribution in [-0.2, 0) is 9.53 Å². The smallest absolute Gasteiger partial charge is 0.407 e. The third kappa shape index (κ3) is 3.68. The summed E-state index contributed by atoms with van der Waals surface area (Å²) in [5.41, 5.74) is 3.97. The molecule has 142 valence electrons. The molecule has 0 saturated carbocycles. The lowest BCUT2D eigenvalue weighted by Crippen LogP contribution is -2.50. The number of carboxylic acid groups (broad SMARTS) is 1. The fourth-order valence-electron chi connectivity index (χ4n) is 3.55. The zero-order chi connectivity index (χ0) is 19.6. The van der Waals surface area contributed by atoms with Gasteiger partial charge in [-0.1, -0.05) is 69.3 Å². The SMILES string of the molecule is CCC(C)(C)C(NC(=O)OCC1c2ccccc2-c2ccccc21)C(=O)O. The molecule has 27 heavy (non-hydrogen) atoms. The summed E-state index contributed by atoms with van der Waals surface area (Å²) >= 11 is 0. The van der Waals surface area contributed by atoms with Gasteiger partial charge in [0, 0.05) is 5.92 Å². The fraction of sp³-hybridized carbons (Fsp3) is 0.364. The van der Waals surface area contributed by atoms with Gasteiger partial charge in [0.1, 0.15) is 12.6 Å². The monoisotopic (exact) mass is 367 g/mol. The molecule has 1 unspecified atom stereocenters. The Morgan fingerprint density at radius 3 is 2.07 bits per heavy atom. The summed E-state index contributed by atoms with van der Waals surface area (Å²) in [5, 5.41) is 12.0. The topological polar surface area (TPSA) is 75.6 Å². The number of rotatable bonds is 6. The molecule has 2 aromatic rings. The molecule has 0 aliphatic heterocycles. The van der Waals surface area contributed by atoms with Crippen molar-refractivity contribution in [1.82, 2.24) is 5.32 Å². The summed E-state index contributed by atoms with van der Waals surface area (Å²) in [6.45, 7) is 5.69. The predicted molar refractivity (Wildman–Crippen MR) is 104 cm³/mol. The van der Waals surface area contributed by atoms with Crippen LogP contribution in [0.4, 0.5) is 4.79 Å². The molecule has 0 bridgehead atoms. The Bertz CT molecular complexity index is 813. The van der Waals surface area contributed by atoms with E-state index in [1.165, 1.54) is 0 Å². The van der Waals surface area contributed by atoms with Gasteiger partial charge < -0.3 is 15.2 Å². The molecule has 2 aromatic carbocycles. The van der Waals surface area contributed by atoms with E-state index >= 15 is 0 Å². The first-order chi connectivity index (χ1) is 12.8. The zero-order valence-electron chi connectivity index (χ0n) is 15.9. The van der Waals surface area contributed by atoms with Gasteiger partial charge in [-0.3, -0.25) is 0 Å². The van der Waals surface area contributed by atoms with Gasteiger partial charge in [-0.2, -0.15) is 0 Å². The van der Waals surface area contributed by atoms with Crippen LogP contribution in [0, 0.1) is 5.41 Å². The first-order valence-electron chi connectivity index (χ1n) is 9.19. The number of hydrogen-bond donors (Lipinski definition) is 2. The average molecular weight is 367 g/mol. The normalized spacial score (nSPS) is 14.2. The summed E-state index contributed by atoms with van der Waals surface area (Å²) in [7, 11) is 0. The molecule has 0 fully saturated rings. The first kappa shape index (κ1) is 19.0. The largest absolute Gasteiger partial charge is 0.480 e. The van der Waals surface area contributed by atoms with E-state index in [9.17, 15) is 14.7 Å². The summed E-state index contributed by atoms with van der Waals surface area (Å²) < 4.78 is 5.45. The van der Waals surface area contributed by atoms with Crippen molar-refractivity contribution in [3.63, 3.8) is 0 Å². The second kappa shape index (κ2) is 7.43. The first-order valence-corrected chi connectivity index (χ1v) is 9.19. The molecule has 5 nitrogen and oxygen atoms in total. The van der Waals surface area contributed by atoms with E-state index in [1.54, 1.807) is 0 Å². The van der Waals surface area contributed by atoms with Crippen LogP contribution in [0.5, 0.6) is 0 Å². The van der Waals surface area contributed by atoms with Crippen molar-refractivity contribution in [2.75, 3.05) is 6.61 Å². The number of hydrogen-bond acceptors (Lipinski definition) is 3. The van der Waals surface area contributed by atoms with E-state index in [2.05, 4.69) is 17.4 Å². The highest BCUT2D eigenvalue weighted by Crippen LogP contribution is 2.44. The number of nitrogens with one attached hydrogen (secondary N) is 1. The van der Waals surface area contributed by atoms with Crippen molar-refractivity contribution in [1.29, 1.82) is 0 Å². The van der Waals surface area contributed by atoms with Crippen LogP contribution in [0.15, 0.2) is 48.5 Å². The van der Waals surface area contributed by atoms with Crippen LogP contribution in [0.2, 0.25) is 0 Å². The Kier molecular flexibility index (Phi) is 5.22.